The summed E-state index contributed by atoms with van der Waals surface area (Å²) < 4.78 is 15.6. The Bertz CT molecular complexity index is 382. The van der Waals surface area contributed by atoms with Crippen LogP contribution in [0.1, 0.15) is 20.8 Å². The van der Waals surface area contributed by atoms with E-state index in [1.165, 1.54) is 0 Å². The molecule has 0 aromatic rings. The molecule has 3 atom stereocenters. The zero-order chi connectivity index (χ0) is 14.2. The van der Waals surface area contributed by atoms with Crippen LogP contribution < -0.4 is 0 Å². The molecule has 1 N–H and O–H groups in total. The largest absolute Gasteiger partial charge is 0.447 e. The Morgan fingerprint density at radius 2 is 2.21 bits per heavy atom. The Kier molecular flexibility index (Phi) is 3.80. The van der Waals surface area contributed by atoms with Crippen LogP contribution >= 0.6 is 0 Å². The number of hydrogen-bond acceptors (Lipinski definition) is 6. The molecule has 0 spiro atoms. The third-order valence-corrected chi connectivity index (χ3v) is 3.34. The van der Waals surface area contributed by atoms with Crippen molar-refractivity contribution in [2.75, 3.05) is 19.8 Å². The molecule has 0 saturated carbocycles. The summed E-state index contributed by atoms with van der Waals surface area (Å²) in [4.78, 5) is 24.4. The number of hydrogen-bond donors (Lipinski definition) is 1. The molecule has 2 saturated heterocycles. The number of carbonyl (C=O) groups excluding carboxylic acids is 2. The summed E-state index contributed by atoms with van der Waals surface area (Å²) in [6.45, 7) is 5.68. The van der Waals surface area contributed by atoms with Crippen molar-refractivity contribution in [3.8, 4) is 0 Å². The number of amides is 2. The highest BCUT2D eigenvalue weighted by molar-refractivity contribution is 5.94. The maximum atomic E-state index is 12.1. The van der Waals surface area contributed by atoms with Gasteiger partial charge in [0.2, 0.25) is 5.91 Å². The molecule has 108 valence electrons. The molecule has 0 bridgehead atoms. The van der Waals surface area contributed by atoms with Crippen LogP contribution in [0.2, 0.25) is 0 Å². The highest BCUT2D eigenvalue weighted by Gasteiger charge is 2.42. The SMILES string of the molecule is C[C@@H](C(=O)N1CCOC1=O)[C@@H](O)[C@H]1COC(C)(C)O1. The predicted molar refractivity (Wildman–Crippen MR) is 63.1 cm³/mol. The molecule has 0 aromatic carbocycles. The van der Waals surface area contributed by atoms with Crippen molar-refractivity contribution in [3.63, 3.8) is 0 Å². The zero-order valence-electron chi connectivity index (χ0n) is 11.3. The quantitative estimate of drug-likeness (QED) is 0.785. The van der Waals surface area contributed by atoms with E-state index in [4.69, 9.17) is 14.2 Å². The van der Waals surface area contributed by atoms with Crippen molar-refractivity contribution < 1.29 is 28.9 Å². The van der Waals surface area contributed by atoms with Crippen molar-refractivity contribution in [1.82, 2.24) is 4.90 Å². The molecule has 2 aliphatic heterocycles. The Balaban J connectivity index is 1.97. The van der Waals surface area contributed by atoms with Crippen molar-refractivity contribution in [2.45, 2.75) is 38.8 Å². The van der Waals surface area contributed by atoms with E-state index in [2.05, 4.69) is 0 Å². The smallest absolute Gasteiger partial charge is 0.416 e. The number of rotatable bonds is 3. The van der Waals surface area contributed by atoms with Gasteiger partial charge in [-0.1, -0.05) is 6.92 Å². The van der Waals surface area contributed by atoms with Gasteiger partial charge in [0.15, 0.2) is 5.79 Å². The van der Waals surface area contributed by atoms with E-state index >= 15 is 0 Å². The lowest BCUT2D eigenvalue weighted by molar-refractivity contribution is -0.160. The maximum Gasteiger partial charge on any atom is 0.416 e. The van der Waals surface area contributed by atoms with Crippen LogP contribution in [0.25, 0.3) is 0 Å². The first-order chi connectivity index (χ1) is 8.82. The van der Waals surface area contributed by atoms with E-state index in [0.717, 1.165) is 4.90 Å². The number of cyclic esters (lactones) is 1. The molecule has 2 aliphatic rings. The van der Waals surface area contributed by atoms with Crippen LogP contribution in [0.3, 0.4) is 0 Å². The van der Waals surface area contributed by atoms with Crippen molar-refractivity contribution in [3.05, 3.63) is 0 Å². The van der Waals surface area contributed by atoms with E-state index < -0.39 is 35.9 Å². The van der Waals surface area contributed by atoms with Gasteiger partial charge in [0.1, 0.15) is 12.7 Å². The monoisotopic (exact) mass is 273 g/mol. The molecule has 2 amide bonds. The van der Waals surface area contributed by atoms with Gasteiger partial charge in [0.25, 0.3) is 0 Å². The van der Waals surface area contributed by atoms with Crippen molar-refractivity contribution in [2.24, 2.45) is 5.92 Å². The molecule has 2 rings (SSSR count). The molecule has 19 heavy (non-hydrogen) atoms. The van der Waals surface area contributed by atoms with Gasteiger partial charge < -0.3 is 19.3 Å². The Morgan fingerprint density at radius 3 is 2.68 bits per heavy atom. The summed E-state index contributed by atoms with van der Waals surface area (Å²) in [5, 5.41) is 10.2. The molecule has 0 unspecified atom stereocenters. The first kappa shape index (κ1) is 14.2. The number of carbonyl (C=O) groups is 2. The molecule has 2 fully saturated rings. The third-order valence-electron chi connectivity index (χ3n) is 3.34. The normalized spacial score (nSPS) is 29.2. The Labute approximate surface area is 111 Å². The van der Waals surface area contributed by atoms with Crippen LogP contribution in [0.15, 0.2) is 0 Å². The number of ether oxygens (including phenoxy) is 3. The van der Waals surface area contributed by atoms with Crippen molar-refractivity contribution >= 4 is 12.0 Å². The van der Waals surface area contributed by atoms with Gasteiger partial charge in [-0.3, -0.25) is 4.79 Å². The maximum absolute atomic E-state index is 12.1. The van der Waals surface area contributed by atoms with Crippen LogP contribution in [0.5, 0.6) is 0 Å². The predicted octanol–water partition coefficient (Wildman–Crippen LogP) is 0.114. The highest BCUT2D eigenvalue weighted by Crippen LogP contribution is 2.27. The van der Waals surface area contributed by atoms with Crippen LogP contribution in [-0.2, 0) is 19.0 Å². The number of aliphatic hydroxyl groups excluding tert-OH is 1. The van der Waals surface area contributed by atoms with Gasteiger partial charge in [-0.15, -0.1) is 0 Å². The summed E-state index contributed by atoms with van der Waals surface area (Å²) in [5.41, 5.74) is 0. The number of nitrogens with zero attached hydrogens (tertiary/aromatic N) is 1. The second kappa shape index (κ2) is 5.07. The van der Waals surface area contributed by atoms with E-state index in [-0.39, 0.29) is 19.8 Å². The minimum absolute atomic E-state index is 0.198. The standard InChI is InChI=1S/C12H19NO6/c1-7(10(15)13-4-5-17-11(13)16)9(14)8-6-18-12(2,3)19-8/h7-9,14H,4-6H2,1-3H3/t7-,8-,9-/m1/s1. The summed E-state index contributed by atoms with van der Waals surface area (Å²) in [5.74, 6) is -1.97. The lowest BCUT2D eigenvalue weighted by Gasteiger charge is -2.25. The van der Waals surface area contributed by atoms with Gasteiger partial charge in [-0.05, 0) is 13.8 Å². The van der Waals surface area contributed by atoms with Crippen LogP contribution in [0, 0.1) is 5.92 Å². The van der Waals surface area contributed by atoms with Gasteiger partial charge in [-0.25, -0.2) is 9.69 Å². The van der Waals surface area contributed by atoms with Crippen LogP contribution in [0.4, 0.5) is 4.79 Å². The average Bonchev–Trinajstić information content (AvgIpc) is 2.92. The fourth-order valence-electron chi connectivity index (χ4n) is 2.19. The molecule has 0 aliphatic carbocycles. The van der Waals surface area contributed by atoms with Gasteiger partial charge in [0.05, 0.1) is 25.2 Å². The van der Waals surface area contributed by atoms with Crippen molar-refractivity contribution in [1.29, 1.82) is 0 Å². The fraction of sp³-hybridized carbons (Fsp3) is 0.833. The average molecular weight is 273 g/mol. The molecule has 7 nitrogen and oxygen atoms in total. The minimum Gasteiger partial charge on any atom is -0.447 e. The summed E-state index contributed by atoms with van der Waals surface area (Å²) in [6.07, 6.45) is -2.26. The summed E-state index contributed by atoms with van der Waals surface area (Å²) >= 11 is 0. The second-order valence-corrected chi connectivity index (χ2v) is 5.25. The van der Waals surface area contributed by atoms with E-state index in [1.54, 1.807) is 20.8 Å². The van der Waals surface area contributed by atoms with Gasteiger partial charge in [0, 0.05) is 0 Å². The Hall–Kier alpha value is -1.18. The van der Waals surface area contributed by atoms with Gasteiger partial charge in [-0.2, -0.15) is 0 Å². The zero-order valence-corrected chi connectivity index (χ0v) is 11.3. The lowest BCUT2D eigenvalue weighted by atomic mass is 9.98. The van der Waals surface area contributed by atoms with Gasteiger partial charge >= 0.3 is 6.09 Å². The Morgan fingerprint density at radius 1 is 1.53 bits per heavy atom. The fourth-order valence-corrected chi connectivity index (χ4v) is 2.19. The highest BCUT2D eigenvalue weighted by atomic mass is 16.7. The second-order valence-electron chi connectivity index (χ2n) is 5.25. The van der Waals surface area contributed by atoms with E-state index in [9.17, 15) is 14.7 Å². The molecule has 0 aromatic heterocycles. The molecule has 7 heteroatoms. The molecular formula is C12H19NO6. The lowest BCUT2D eigenvalue weighted by Crippen LogP contribution is -2.45. The molecule has 0 radical (unpaired) electrons. The summed E-state index contributed by atoms with van der Waals surface area (Å²) in [6, 6.07) is 0. The summed E-state index contributed by atoms with van der Waals surface area (Å²) in [7, 11) is 0. The number of imide groups is 1. The first-order valence-electron chi connectivity index (χ1n) is 6.30. The number of aliphatic hydroxyl groups is 1. The third kappa shape index (κ3) is 2.88. The first-order valence-corrected chi connectivity index (χ1v) is 6.30. The van der Waals surface area contributed by atoms with E-state index in [0.29, 0.717) is 0 Å². The minimum atomic E-state index is -1.03. The van der Waals surface area contributed by atoms with E-state index in [1.807, 2.05) is 0 Å². The topological polar surface area (TPSA) is 85.3 Å². The van der Waals surface area contributed by atoms with Crippen LogP contribution in [-0.4, -0.2) is 59.8 Å². The molecule has 2 heterocycles. The molecular weight excluding hydrogens is 254 g/mol.